The fraction of sp³-hybridized carbons (Fsp3) is 0.829. The van der Waals surface area contributed by atoms with Gasteiger partial charge in [0.2, 0.25) is 53.2 Å². The van der Waals surface area contributed by atoms with Gasteiger partial charge in [-0.25, -0.2) is 8.78 Å². The molecule has 8 aliphatic rings. The van der Waals surface area contributed by atoms with E-state index in [9.17, 15) is 48.6 Å². The monoisotopic (exact) mass is 1430 g/mol. The number of Topliss-reactive ketones (excluding diaryl/α,β-unsaturated/α-hetero) is 2. The van der Waals surface area contributed by atoms with E-state index >= 15 is 28.0 Å². The van der Waals surface area contributed by atoms with Crippen LogP contribution in [0.4, 0.5) is 8.78 Å². The fourth-order valence-corrected chi connectivity index (χ4v) is 17.1. The first kappa shape index (κ1) is 80.3. The number of alkyl halides is 2. The number of rotatable bonds is 18. The van der Waals surface area contributed by atoms with Crippen molar-refractivity contribution in [1.82, 2.24) is 69.1 Å². The van der Waals surface area contributed by atoms with Crippen molar-refractivity contribution in [3.05, 3.63) is 0 Å². The first-order valence-corrected chi connectivity index (χ1v) is 37.6. The van der Waals surface area contributed by atoms with Crippen molar-refractivity contribution in [3.63, 3.8) is 0 Å². The summed E-state index contributed by atoms with van der Waals surface area (Å²) in [6.45, 7) is 2.52. The summed E-state index contributed by atoms with van der Waals surface area (Å²) in [6, 6.07) is -9.50. The van der Waals surface area contributed by atoms with Gasteiger partial charge in [-0.1, -0.05) is 25.7 Å². The van der Waals surface area contributed by atoms with E-state index in [1.165, 1.54) is 6.92 Å². The summed E-state index contributed by atoms with van der Waals surface area (Å²) in [6.07, 6.45) is 3.90. The Hall–Kier alpha value is -6.38. The Balaban J connectivity index is 1.12. The maximum absolute atomic E-state index is 15.3. The van der Waals surface area contributed by atoms with E-state index < -0.39 is 175 Å². The molecule has 8 fully saturated rings. The predicted molar refractivity (Wildman–Crippen MR) is 367 cm³/mol. The number of fused-ring (bicyclic) bond motifs is 3. The van der Waals surface area contributed by atoms with Gasteiger partial charge in [-0.3, -0.25) is 57.5 Å². The highest BCUT2D eigenvalue weighted by atomic mass is 19.1. The number of hydrogen-bond donors (Lipinski definition) is 17. The van der Waals surface area contributed by atoms with Gasteiger partial charge in [-0.2, -0.15) is 0 Å². The Morgan fingerprint density at radius 1 is 0.554 bits per heavy atom. The van der Waals surface area contributed by atoms with Crippen LogP contribution in [0.1, 0.15) is 187 Å². The Morgan fingerprint density at radius 2 is 1.20 bits per heavy atom. The maximum Gasteiger partial charge on any atom is 0.305 e. The minimum absolute atomic E-state index is 0.0164. The topological polar surface area (TPSA) is 454 Å². The summed E-state index contributed by atoms with van der Waals surface area (Å²) in [4.78, 5) is 172. The average molecular weight is 1430 g/mol. The first-order chi connectivity index (χ1) is 48.4. The molecule has 0 spiro atoms. The van der Waals surface area contributed by atoms with Crippen LogP contribution in [0, 0.1) is 47.3 Å². The molecular weight excluding hydrogens is 1310 g/mol. The number of nitrogens with two attached hydrogens (primary N) is 2. The number of unbranched alkanes of at least 4 members (excludes halogenated alkanes) is 3. The highest BCUT2D eigenvalue weighted by molar-refractivity contribution is 5.99. The average Bonchev–Trinajstić information content (AvgIpc) is 1.72. The van der Waals surface area contributed by atoms with Gasteiger partial charge in [0.1, 0.15) is 36.5 Å². The minimum atomic E-state index is -1.86. The largest absolute Gasteiger partial charge is 0.481 e. The number of carbonyl (C=O) groups is 12. The van der Waals surface area contributed by atoms with Gasteiger partial charge in [0.05, 0.1) is 31.2 Å². The standard InChI is InChI=1S/C70H115F2N15O14/c1-38(88)81-55-20-21-61(91)76-23-7-8-45(32-74)82-66(97)49-10-6-9-48(49)64(95)57(24-39-12-16-47(89)17-13-39)85-69(100)58(30-46-35-75-37-80-46)87-70(101)59(31-63(93)94)86-65(96)40(25-41-33-77-52-18-14-43(71)28-50(41)52)27-60(90)56(26-42-34-78-53-19-15-44(72)29-51(42)53)83-62(92)36-79-67(98)54(84-68(55)99)11-4-2-3-5-22-73/h39-59,75,77-78,80,89H,2-37,73-74H2,1H3,(H,76,91)(H,79,98)(H,81,88)(H,82,97)(H,83,92)(H,84,99)(H,85,100)(H,86,96)(H,87,101)(H,93,94)/t39?,40-,41?,42?,43?,44?,45+,46?,47?,48?,49-,50?,51?,52?,53?,54+,55+,56+,57+,58+,59+/m1/s1. The number of hydrogen-bond acceptors (Lipinski definition) is 19. The molecule has 0 radical (unpaired) electrons. The smallest absolute Gasteiger partial charge is 0.305 e. The van der Waals surface area contributed by atoms with Crippen molar-refractivity contribution in [2.24, 2.45) is 58.8 Å². The third kappa shape index (κ3) is 24.6. The van der Waals surface area contributed by atoms with Crippen molar-refractivity contribution >= 4 is 70.7 Å². The number of carboxylic acids is 1. The van der Waals surface area contributed by atoms with Crippen LogP contribution in [0.5, 0.6) is 0 Å². The lowest BCUT2D eigenvalue weighted by atomic mass is 9.74. The number of amides is 9. The van der Waals surface area contributed by atoms with Crippen molar-refractivity contribution in [2.45, 2.75) is 266 Å². The molecule has 4 saturated carbocycles. The van der Waals surface area contributed by atoms with Crippen LogP contribution in [0.25, 0.3) is 0 Å². The maximum atomic E-state index is 15.3. The Kier molecular flexibility index (Phi) is 31.8. The second-order valence-electron chi connectivity index (χ2n) is 30.2. The van der Waals surface area contributed by atoms with Crippen LogP contribution in [-0.4, -0.2) is 212 Å². The number of aliphatic hydroxyl groups is 1. The fourth-order valence-electron chi connectivity index (χ4n) is 17.1. The number of carboxylic acid groups (broad SMARTS) is 1. The third-order valence-corrected chi connectivity index (χ3v) is 22.7. The van der Waals surface area contributed by atoms with E-state index in [2.05, 4.69) is 69.1 Å². The second kappa shape index (κ2) is 40.0. The van der Waals surface area contributed by atoms with Gasteiger partial charge >= 0.3 is 5.97 Å². The highest BCUT2D eigenvalue weighted by Gasteiger charge is 2.47. The number of ketones is 2. The molecule has 19 atom stereocenters. The molecule has 4 aliphatic carbocycles. The van der Waals surface area contributed by atoms with E-state index in [-0.39, 0.29) is 113 Å². The lowest BCUT2D eigenvalue weighted by molar-refractivity contribution is -0.142. The number of halogens is 2. The Labute approximate surface area is 591 Å². The third-order valence-electron chi connectivity index (χ3n) is 22.7. The molecule has 9 amide bonds. The number of carbonyl (C=O) groups excluding carboxylic acids is 11. The van der Waals surface area contributed by atoms with Crippen molar-refractivity contribution < 1.29 is 76.5 Å². The number of aliphatic carboxylic acids is 1. The van der Waals surface area contributed by atoms with Crippen molar-refractivity contribution in [1.29, 1.82) is 0 Å². The van der Waals surface area contributed by atoms with E-state index in [4.69, 9.17) is 11.5 Å². The zero-order valence-corrected chi connectivity index (χ0v) is 58.8. The molecule has 4 aliphatic heterocycles. The SMILES string of the molecule is CC(=O)N[C@H]1CCC(=O)NCCC[C@@H](CN)NC(=O)[C@@H]2CCCC2C(=O)[C@H](CC2CCC(O)CC2)NC(=O)[C@H](CC2CNCN2)NC(=O)[C@H](CC(=O)O)NC(=O)[C@H](CC2CNC3CCC(F)CC23)CC(=O)[C@H](CC2CNC3CCC(F)CC23)NC(=O)CNC(=O)[C@H](CCCCCCN)NC1=O. The molecule has 4 heterocycles. The zero-order valence-electron chi connectivity index (χ0n) is 58.8. The summed E-state index contributed by atoms with van der Waals surface area (Å²) in [5.41, 5.74) is 11.9. The molecule has 10 unspecified atom stereocenters. The minimum Gasteiger partial charge on any atom is -0.481 e. The molecule has 0 bridgehead atoms. The van der Waals surface area contributed by atoms with Crippen LogP contribution in [0.3, 0.4) is 0 Å². The number of nitrogens with one attached hydrogen (secondary N) is 13. The highest BCUT2D eigenvalue weighted by Crippen LogP contribution is 2.42. The van der Waals surface area contributed by atoms with Gasteiger partial charge in [-0.15, -0.1) is 0 Å². The van der Waals surface area contributed by atoms with E-state index in [0.717, 1.165) is 6.42 Å². The van der Waals surface area contributed by atoms with Crippen LogP contribution in [0.15, 0.2) is 0 Å². The van der Waals surface area contributed by atoms with Gasteiger partial charge in [-0.05, 0) is 184 Å². The van der Waals surface area contributed by atoms with Crippen molar-refractivity contribution in [2.75, 3.05) is 52.5 Å². The van der Waals surface area contributed by atoms with Crippen molar-refractivity contribution in [3.8, 4) is 0 Å². The molecule has 101 heavy (non-hydrogen) atoms. The normalized spacial score (nSPS) is 36.2. The van der Waals surface area contributed by atoms with Crippen LogP contribution < -0.4 is 80.6 Å². The quantitative estimate of drug-likeness (QED) is 0.0747. The van der Waals surface area contributed by atoms with Crippen LogP contribution in [-0.2, 0) is 57.5 Å². The summed E-state index contributed by atoms with van der Waals surface area (Å²) >= 11 is 0. The van der Waals surface area contributed by atoms with E-state index in [1.54, 1.807) is 0 Å². The lowest BCUT2D eigenvalue weighted by Crippen LogP contribution is -2.58. The molecular formula is C70H115F2N15O14. The molecule has 19 N–H and O–H groups in total. The zero-order chi connectivity index (χ0) is 72.7. The summed E-state index contributed by atoms with van der Waals surface area (Å²) in [7, 11) is 0. The molecule has 0 aromatic rings. The molecule has 4 saturated heterocycles. The number of aliphatic hydroxyl groups excluding tert-OH is 1. The summed E-state index contributed by atoms with van der Waals surface area (Å²) in [5.74, 6) is -13.5. The van der Waals surface area contributed by atoms with Crippen LogP contribution >= 0.6 is 0 Å². The van der Waals surface area contributed by atoms with E-state index in [0.29, 0.717) is 136 Å². The Bertz CT molecular complexity index is 2840. The van der Waals surface area contributed by atoms with Gasteiger partial charge in [0, 0.05) is 88.0 Å². The van der Waals surface area contributed by atoms with Crippen LogP contribution in [0.2, 0.25) is 0 Å². The van der Waals surface area contributed by atoms with Gasteiger partial charge in [0.25, 0.3) is 0 Å². The molecule has 29 nitrogen and oxygen atoms in total. The first-order valence-electron chi connectivity index (χ1n) is 37.6. The molecule has 0 aromatic heterocycles. The second-order valence-corrected chi connectivity index (χ2v) is 30.2. The molecule has 8 rings (SSSR count). The van der Waals surface area contributed by atoms with Gasteiger partial charge < -0.3 is 90.8 Å². The molecule has 31 heteroatoms. The molecule has 568 valence electrons. The summed E-state index contributed by atoms with van der Waals surface area (Å²) < 4.78 is 30.5. The summed E-state index contributed by atoms with van der Waals surface area (Å²) in [5, 5.41) is 59.0. The predicted octanol–water partition coefficient (Wildman–Crippen LogP) is -0.808. The van der Waals surface area contributed by atoms with Gasteiger partial charge in [0.15, 0.2) is 11.6 Å². The lowest BCUT2D eigenvalue weighted by Gasteiger charge is -2.33. The molecule has 0 aromatic carbocycles. The van der Waals surface area contributed by atoms with E-state index in [1.807, 2.05) is 0 Å². The Morgan fingerprint density at radius 3 is 1.85 bits per heavy atom.